The first kappa shape index (κ1) is 43.3. The van der Waals surface area contributed by atoms with E-state index in [1.165, 1.54) is 10.9 Å². The van der Waals surface area contributed by atoms with Crippen LogP contribution in [0.3, 0.4) is 0 Å². The van der Waals surface area contributed by atoms with Gasteiger partial charge in [-0.25, -0.2) is 4.98 Å². The van der Waals surface area contributed by atoms with Gasteiger partial charge in [-0.05, 0) is 33.4 Å². The minimum Gasteiger partial charge on any atom is -0.382 e. The maximum absolute atomic E-state index is 14.7. The Morgan fingerprint density at radius 3 is 1.38 bits per heavy atom. The minimum atomic E-state index is -6.36. The molecule has 4 N–H and O–H groups in total. The lowest BCUT2D eigenvalue weighted by molar-refractivity contribution is -0.122. The first-order chi connectivity index (χ1) is 31.4. The number of hydrogen-bond donors (Lipinski definition) is 2. The van der Waals surface area contributed by atoms with Crippen LogP contribution in [0.1, 0.15) is 39.6 Å². The summed E-state index contributed by atoms with van der Waals surface area (Å²) in [4.78, 5) is 12.9. The van der Waals surface area contributed by atoms with Gasteiger partial charge < -0.3 is 25.7 Å². The Balaban J connectivity index is 1.28. The predicted molar refractivity (Wildman–Crippen MR) is 237 cm³/mol. The van der Waals surface area contributed by atoms with E-state index in [-0.39, 0.29) is 22.9 Å². The molecule has 0 radical (unpaired) electrons. The van der Waals surface area contributed by atoms with Crippen molar-refractivity contribution in [2.75, 3.05) is 18.1 Å². The SMILES string of the molecule is Nc1nc(N)c2ncn([C@@H]3O[C@H](COC(c4ccccc4)(c4ccccc4)c4ccccc4)[C@@H](OS(=O)(=O)C(F)(F)F)[C@H]3OC(c3ccccc3)(c3ccccc3)c3ccccc3)c2n1. The molecule has 0 bridgehead atoms. The fraction of sp³-hybridized carbons (Fsp3) is 0.163. The lowest BCUT2D eigenvalue weighted by Gasteiger charge is -2.40. The summed E-state index contributed by atoms with van der Waals surface area (Å²) in [5.74, 6) is -0.315. The highest BCUT2D eigenvalue weighted by atomic mass is 32.2. The zero-order valence-electron chi connectivity index (χ0n) is 34.3. The normalized spacial score (nSPS) is 18.2. The van der Waals surface area contributed by atoms with Crippen molar-refractivity contribution < 1.29 is 40.0 Å². The molecule has 12 nitrogen and oxygen atoms in total. The Morgan fingerprint density at radius 1 is 0.585 bits per heavy atom. The van der Waals surface area contributed by atoms with Crippen molar-refractivity contribution >= 4 is 33.0 Å². The molecule has 8 aromatic rings. The van der Waals surface area contributed by atoms with Crippen LogP contribution in [0.4, 0.5) is 24.9 Å². The molecule has 330 valence electrons. The molecule has 16 heteroatoms. The number of nitrogens with zero attached hydrogens (tertiary/aromatic N) is 4. The highest BCUT2D eigenvalue weighted by Gasteiger charge is 2.58. The lowest BCUT2D eigenvalue weighted by Crippen LogP contribution is -2.48. The van der Waals surface area contributed by atoms with Gasteiger partial charge in [0, 0.05) is 0 Å². The maximum atomic E-state index is 14.7. The van der Waals surface area contributed by atoms with Gasteiger partial charge in [-0.1, -0.05) is 182 Å². The van der Waals surface area contributed by atoms with E-state index in [4.69, 9.17) is 29.9 Å². The molecule has 0 saturated carbocycles. The van der Waals surface area contributed by atoms with Gasteiger partial charge in [-0.3, -0.25) is 8.75 Å². The molecule has 0 spiro atoms. The van der Waals surface area contributed by atoms with Gasteiger partial charge in [0.25, 0.3) is 0 Å². The van der Waals surface area contributed by atoms with Gasteiger partial charge in [0.05, 0.1) is 12.9 Å². The average molecular weight is 899 g/mol. The molecule has 0 unspecified atom stereocenters. The molecular weight excluding hydrogens is 858 g/mol. The molecule has 1 aliphatic heterocycles. The van der Waals surface area contributed by atoms with E-state index in [9.17, 15) is 21.6 Å². The smallest absolute Gasteiger partial charge is 0.382 e. The molecule has 0 amide bonds. The second-order valence-corrected chi connectivity index (χ2v) is 16.8. The van der Waals surface area contributed by atoms with Crippen LogP contribution in [0.5, 0.6) is 0 Å². The number of aromatic nitrogens is 4. The lowest BCUT2D eigenvalue weighted by atomic mass is 9.79. The summed E-state index contributed by atoms with van der Waals surface area (Å²) in [6.07, 6.45) is -5.61. The first-order valence-electron chi connectivity index (χ1n) is 20.5. The van der Waals surface area contributed by atoms with E-state index in [1.807, 2.05) is 146 Å². The summed E-state index contributed by atoms with van der Waals surface area (Å²) in [6, 6.07) is 54.8. The quantitative estimate of drug-likeness (QED) is 0.0610. The maximum Gasteiger partial charge on any atom is 0.523 e. The Hall–Kier alpha value is -6.95. The van der Waals surface area contributed by atoms with Crippen LogP contribution in [-0.2, 0) is 39.7 Å². The topological polar surface area (TPSA) is 167 Å². The summed E-state index contributed by atoms with van der Waals surface area (Å²) in [5.41, 5.74) is 7.21. The van der Waals surface area contributed by atoms with Gasteiger partial charge in [-0.15, -0.1) is 0 Å². The van der Waals surface area contributed by atoms with Crippen molar-refractivity contribution in [2.24, 2.45) is 0 Å². The van der Waals surface area contributed by atoms with Crippen LogP contribution in [0.25, 0.3) is 11.2 Å². The average Bonchev–Trinajstić information content (AvgIpc) is 3.90. The monoisotopic (exact) mass is 898 g/mol. The number of fused-ring (bicyclic) bond motifs is 1. The van der Waals surface area contributed by atoms with E-state index in [1.54, 1.807) is 36.4 Å². The second-order valence-electron chi connectivity index (χ2n) is 15.3. The fourth-order valence-electron chi connectivity index (χ4n) is 8.55. The van der Waals surface area contributed by atoms with Crippen LogP contribution >= 0.6 is 0 Å². The van der Waals surface area contributed by atoms with Crippen LogP contribution in [0.15, 0.2) is 188 Å². The number of alkyl halides is 3. The first-order valence-corrected chi connectivity index (χ1v) is 21.9. The molecule has 4 atom stereocenters. The molecule has 1 fully saturated rings. The predicted octanol–water partition coefficient (Wildman–Crippen LogP) is 8.51. The molecule has 3 heterocycles. The Labute approximate surface area is 372 Å². The summed E-state index contributed by atoms with van der Waals surface area (Å²) in [6.45, 7) is -0.548. The zero-order valence-corrected chi connectivity index (χ0v) is 35.2. The third-order valence-corrected chi connectivity index (χ3v) is 12.4. The standard InChI is InChI=1S/C49H41F3N6O6S/c50-49(51,52)65(59,60)64-41-39(31-61-47(33-19-7-1-8-20-33,34-21-9-2-10-22-34)35-23-11-3-12-24-35)62-45(58-32-55-40-43(53)56-46(54)57-44(40)58)42(41)63-48(36-25-13-4-14-26-36,37-27-15-5-16-28-37)38-29-17-6-18-30-38/h1-30,32,39,41-42,45H,31H2,(H4,53,54,56,57)/t39-,41-,42-,45-/m1/s1. The van der Waals surface area contributed by atoms with Gasteiger partial charge >= 0.3 is 15.6 Å². The molecule has 6 aromatic carbocycles. The van der Waals surface area contributed by atoms with Crippen molar-refractivity contribution in [3.8, 4) is 0 Å². The summed E-state index contributed by atoms with van der Waals surface area (Å²) in [7, 11) is -6.36. The Bertz CT molecular complexity index is 2780. The Kier molecular flexibility index (Phi) is 11.7. The van der Waals surface area contributed by atoms with Crippen LogP contribution in [-0.4, -0.2) is 58.4 Å². The Morgan fingerprint density at radius 2 is 0.985 bits per heavy atom. The highest BCUT2D eigenvalue weighted by Crippen LogP contribution is 2.49. The number of rotatable bonds is 14. The van der Waals surface area contributed by atoms with Gasteiger partial charge in [0.1, 0.15) is 35.0 Å². The number of nitrogen functional groups attached to an aromatic ring is 2. The van der Waals surface area contributed by atoms with E-state index < -0.39 is 58.0 Å². The van der Waals surface area contributed by atoms with E-state index in [0.29, 0.717) is 33.4 Å². The molecule has 9 rings (SSSR count). The number of nitrogens with two attached hydrogens (primary N) is 2. The van der Waals surface area contributed by atoms with Crippen molar-refractivity contribution in [1.82, 2.24) is 19.5 Å². The van der Waals surface area contributed by atoms with Crippen molar-refractivity contribution in [3.05, 3.63) is 222 Å². The van der Waals surface area contributed by atoms with Crippen molar-refractivity contribution in [2.45, 2.75) is 41.3 Å². The molecule has 1 aliphatic rings. The zero-order chi connectivity index (χ0) is 45.2. The number of ether oxygens (including phenoxy) is 3. The summed E-state index contributed by atoms with van der Waals surface area (Å²) < 4.78 is 99.1. The van der Waals surface area contributed by atoms with E-state index in [0.717, 1.165) is 0 Å². The van der Waals surface area contributed by atoms with Gasteiger partial charge in [0.15, 0.2) is 17.7 Å². The van der Waals surface area contributed by atoms with Gasteiger partial charge in [0.2, 0.25) is 5.95 Å². The molecule has 0 aliphatic carbocycles. The minimum absolute atomic E-state index is 0.0320. The molecule has 1 saturated heterocycles. The van der Waals surface area contributed by atoms with Gasteiger partial charge in [-0.2, -0.15) is 31.6 Å². The van der Waals surface area contributed by atoms with Crippen LogP contribution in [0.2, 0.25) is 0 Å². The number of hydrogen-bond acceptors (Lipinski definition) is 11. The number of imidazole rings is 1. The van der Waals surface area contributed by atoms with E-state index >= 15 is 0 Å². The van der Waals surface area contributed by atoms with Crippen LogP contribution in [0, 0.1) is 0 Å². The van der Waals surface area contributed by atoms with Crippen molar-refractivity contribution in [1.29, 1.82) is 0 Å². The molecule has 65 heavy (non-hydrogen) atoms. The molecule has 2 aromatic heterocycles. The third kappa shape index (κ3) is 8.00. The van der Waals surface area contributed by atoms with Crippen molar-refractivity contribution in [3.63, 3.8) is 0 Å². The molecular formula is C49H41F3N6O6S. The van der Waals surface area contributed by atoms with E-state index in [2.05, 4.69) is 15.0 Å². The number of benzene rings is 6. The summed E-state index contributed by atoms with van der Waals surface area (Å²) >= 11 is 0. The largest absolute Gasteiger partial charge is 0.523 e. The number of halogens is 3. The summed E-state index contributed by atoms with van der Waals surface area (Å²) in [5, 5.41) is 0. The third-order valence-electron chi connectivity index (χ3n) is 11.4. The highest BCUT2D eigenvalue weighted by molar-refractivity contribution is 7.87. The second kappa shape index (κ2) is 17.6. The number of anilines is 2. The van der Waals surface area contributed by atoms with Crippen LogP contribution < -0.4 is 11.5 Å². The fourth-order valence-corrected chi connectivity index (χ4v) is 9.19.